The quantitative estimate of drug-likeness (QED) is 0.532. The van der Waals surface area contributed by atoms with Crippen molar-refractivity contribution in [3.63, 3.8) is 0 Å². The molecule has 0 aliphatic rings. The molecule has 2 aromatic rings. The zero-order valence-electron chi connectivity index (χ0n) is 16.1. The SMILES string of the molecule is CCC(C(=O)Oc1ccc(S(=O)(=O)CC(C)(C)C(=O)O)cc1)c1ccccc1. The summed E-state index contributed by atoms with van der Waals surface area (Å²) < 4.78 is 30.3. The summed E-state index contributed by atoms with van der Waals surface area (Å²) >= 11 is 0. The molecule has 0 amide bonds. The molecule has 0 saturated carbocycles. The van der Waals surface area contributed by atoms with Crippen molar-refractivity contribution in [3.8, 4) is 5.75 Å². The van der Waals surface area contributed by atoms with E-state index in [1.54, 1.807) is 0 Å². The van der Waals surface area contributed by atoms with E-state index in [-0.39, 0.29) is 10.6 Å². The number of carbonyl (C=O) groups excluding carboxylic acids is 1. The third-order valence-electron chi connectivity index (χ3n) is 4.43. The van der Waals surface area contributed by atoms with Crippen LogP contribution in [0.25, 0.3) is 0 Å². The van der Waals surface area contributed by atoms with E-state index in [1.807, 2.05) is 37.3 Å². The summed E-state index contributed by atoms with van der Waals surface area (Å²) in [5.41, 5.74) is -0.557. The van der Waals surface area contributed by atoms with E-state index in [2.05, 4.69) is 0 Å². The first-order chi connectivity index (χ1) is 13.1. The van der Waals surface area contributed by atoms with Crippen LogP contribution in [0.1, 0.15) is 38.7 Å². The maximum atomic E-state index is 12.5. The number of benzene rings is 2. The number of esters is 1. The Balaban J connectivity index is 2.14. The molecule has 1 atom stereocenters. The molecule has 0 aliphatic carbocycles. The molecule has 1 N–H and O–H groups in total. The number of carbonyl (C=O) groups is 2. The first kappa shape index (κ1) is 21.6. The van der Waals surface area contributed by atoms with E-state index in [0.717, 1.165) is 5.56 Å². The van der Waals surface area contributed by atoms with Crippen LogP contribution in [-0.4, -0.2) is 31.2 Å². The second kappa shape index (κ2) is 8.56. The van der Waals surface area contributed by atoms with Crippen molar-refractivity contribution in [2.24, 2.45) is 5.41 Å². The van der Waals surface area contributed by atoms with Crippen LogP contribution >= 0.6 is 0 Å². The molecule has 0 fully saturated rings. The lowest BCUT2D eigenvalue weighted by Gasteiger charge is -2.19. The second-order valence-corrected chi connectivity index (χ2v) is 9.20. The Morgan fingerprint density at radius 2 is 1.61 bits per heavy atom. The Kier molecular flexibility index (Phi) is 6.61. The Hall–Kier alpha value is -2.67. The van der Waals surface area contributed by atoms with E-state index >= 15 is 0 Å². The van der Waals surface area contributed by atoms with Crippen molar-refractivity contribution in [1.29, 1.82) is 0 Å². The van der Waals surface area contributed by atoms with Gasteiger partial charge < -0.3 is 9.84 Å². The Morgan fingerprint density at radius 3 is 2.11 bits per heavy atom. The zero-order valence-corrected chi connectivity index (χ0v) is 16.9. The molecule has 0 radical (unpaired) electrons. The van der Waals surface area contributed by atoms with Crippen LogP contribution in [0.5, 0.6) is 5.75 Å². The van der Waals surface area contributed by atoms with Crippen molar-refractivity contribution in [2.75, 3.05) is 5.75 Å². The van der Waals surface area contributed by atoms with Gasteiger partial charge in [-0.15, -0.1) is 0 Å². The fourth-order valence-corrected chi connectivity index (χ4v) is 4.54. The number of rotatable bonds is 8. The van der Waals surface area contributed by atoms with Crippen LogP contribution in [-0.2, 0) is 19.4 Å². The van der Waals surface area contributed by atoms with Crippen molar-refractivity contribution < 1.29 is 27.9 Å². The first-order valence-corrected chi connectivity index (χ1v) is 10.5. The monoisotopic (exact) mass is 404 g/mol. The van der Waals surface area contributed by atoms with E-state index < -0.39 is 38.9 Å². The number of hydrogen-bond acceptors (Lipinski definition) is 5. The minimum atomic E-state index is -3.79. The zero-order chi connectivity index (χ0) is 20.9. The minimum absolute atomic E-state index is 0.0169. The van der Waals surface area contributed by atoms with Crippen LogP contribution < -0.4 is 4.74 Å². The summed E-state index contributed by atoms with van der Waals surface area (Å²) in [5, 5.41) is 9.14. The largest absolute Gasteiger partial charge is 0.481 e. The van der Waals surface area contributed by atoms with Gasteiger partial charge in [0, 0.05) is 0 Å². The molecule has 0 heterocycles. The molecule has 1 unspecified atom stereocenters. The number of sulfone groups is 1. The predicted octanol–water partition coefficient (Wildman–Crippen LogP) is 3.67. The highest BCUT2D eigenvalue weighted by molar-refractivity contribution is 7.91. The molecule has 0 aromatic heterocycles. The second-order valence-electron chi connectivity index (χ2n) is 7.21. The summed E-state index contributed by atoms with van der Waals surface area (Å²) in [7, 11) is -3.79. The Labute approximate surface area is 165 Å². The van der Waals surface area contributed by atoms with Crippen LogP contribution in [0.3, 0.4) is 0 Å². The van der Waals surface area contributed by atoms with Gasteiger partial charge in [0.05, 0.1) is 22.0 Å². The van der Waals surface area contributed by atoms with Gasteiger partial charge in [-0.05, 0) is 50.1 Å². The Morgan fingerprint density at radius 1 is 1.04 bits per heavy atom. The molecule has 6 nitrogen and oxygen atoms in total. The Bertz CT molecular complexity index is 931. The third kappa shape index (κ3) is 5.19. The van der Waals surface area contributed by atoms with Crippen LogP contribution in [0, 0.1) is 5.41 Å². The highest BCUT2D eigenvalue weighted by Crippen LogP contribution is 2.26. The highest BCUT2D eigenvalue weighted by Gasteiger charge is 2.34. The summed E-state index contributed by atoms with van der Waals surface area (Å²) in [5.74, 6) is -2.32. The van der Waals surface area contributed by atoms with E-state index in [1.165, 1.54) is 38.1 Å². The van der Waals surface area contributed by atoms with Gasteiger partial charge in [-0.2, -0.15) is 0 Å². The maximum Gasteiger partial charge on any atom is 0.318 e. The van der Waals surface area contributed by atoms with Gasteiger partial charge >= 0.3 is 11.9 Å². The molecule has 0 bridgehead atoms. The van der Waals surface area contributed by atoms with Gasteiger partial charge in [0.15, 0.2) is 9.84 Å². The van der Waals surface area contributed by atoms with Gasteiger partial charge in [-0.25, -0.2) is 8.42 Å². The molecule has 2 rings (SSSR count). The molecule has 0 spiro atoms. The van der Waals surface area contributed by atoms with Crippen molar-refractivity contribution in [1.82, 2.24) is 0 Å². The molecule has 2 aromatic carbocycles. The molecule has 0 saturated heterocycles. The normalized spacial score (nSPS) is 13.0. The standard InChI is InChI=1S/C21H24O6S/c1-4-18(15-8-6-5-7-9-15)19(22)27-16-10-12-17(13-11-16)28(25,26)14-21(2,3)20(23)24/h5-13,18H,4,14H2,1-3H3,(H,23,24). The maximum absolute atomic E-state index is 12.5. The van der Waals surface area contributed by atoms with Gasteiger partial charge in [-0.3, -0.25) is 9.59 Å². The lowest BCUT2D eigenvalue weighted by Crippen LogP contribution is -2.32. The summed E-state index contributed by atoms with van der Waals surface area (Å²) in [6, 6.07) is 14.7. The van der Waals surface area contributed by atoms with E-state index in [0.29, 0.717) is 6.42 Å². The summed E-state index contributed by atoms with van der Waals surface area (Å²) in [6.07, 6.45) is 0.569. The fourth-order valence-electron chi connectivity index (χ4n) is 2.75. The number of carboxylic acid groups (broad SMARTS) is 1. The van der Waals surface area contributed by atoms with Gasteiger partial charge in [0.25, 0.3) is 0 Å². The summed E-state index contributed by atoms with van der Waals surface area (Å²) in [6.45, 7) is 4.60. The number of carboxylic acids is 1. The van der Waals surface area contributed by atoms with Crippen LogP contribution in [0.15, 0.2) is 59.5 Å². The molecule has 150 valence electrons. The van der Waals surface area contributed by atoms with E-state index in [4.69, 9.17) is 9.84 Å². The van der Waals surface area contributed by atoms with Gasteiger partial charge in [0.2, 0.25) is 0 Å². The van der Waals surface area contributed by atoms with Crippen molar-refractivity contribution in [3.05, 3.63) is 60.2 Å². The number of ether oxygens (including phenoxy) is 1. The lowest BCUT2D eigenvalue weighted by atomic mass is 9.97. The predicted molar refractivity (Wildman–Crippen MR) is 105 cm³/mol. The highest BCUT2D eigenvalue weighted by atomic mass is 32.2. The van der Waals surface area contributed by atoms with Crippen molar-refractivity contribution >= 4 is 21.8 Å². The average Bonchev–Trinajstić information content (AvgIpc) is 2.62. The number of aliphatic carboxylic acids is 1. The molecule has 28 heavy (non-hydrogen) atoms. The topological polar surface area (TPSA) is 97.7 Å². The minimum Gasteiger partial charge on any atom is -0.481 e. The van der Waals surface area contributed by atoms with Gasteiger partial charge in [-0.1, -0.05) is 37.3 Å². The van der Waals surface area contributed by atoms with Crippen LogP contribution in [0.2, 0.25) is 0 Å². The third-order valence-corrected chi connectivity index (χ3v) is 6.52. The first-order valence-electron chi connectivity index (χ1n) is 8.89. The summed E-state index contributed by atoms with van der Waals surface area (Å²) in [4.78, 5) is 23.7. The van der Waals surface area contributed by atoms with Crippen LogP contribution in [0.4, 0.5) is 0 Å². The smallest absolute Gasteiger partial charge is 0.318 e. The molecule has 0 aliphatic heterocycles. The van der Waals surface area contributed by atoms with Crippen molar-refractivity contribution in [2.45, 2.75) is 38.0 Å². The average molecular weight is 404 g/mol. The lowest BCUT2D eigenvalue weighted by molar-refractivity contribution is -0.145. The fraction of sp³-hybridized carbons (Fsp3) is 0.333. The molecular formula is C21H24O6S. The number of hydrogen-bond donors (Lipinski definition) is 1. The van der Waals surface area contributed by atoms with Gasteiger partial charge in [0.1, 0.15) is 5.75 Å². The van der Waals surface area contributed by atoms with E-state index in [9.17, 15) is 18.0 Å². The molecular weight excluding hydrogens is 380 g/mol. The molecule has 7 heteroatoms.